The molecule has 0 aliphatic rings. The second-order valence-corrected chi connectivity index (χ2v) is 5.87. The lowest BCUT2D eigenvalue weighted by Crippen LogP contribution is -2.34. The predicted octanol–water partition coefficient (Wildman–Crippen LogP) is 2.20. The summed E-state index contributed by atoms with van der Waals surface area (Å²) in [6.07, 6.45) is 0.827. The molecule has 1 amide bonds. The Bertz CT molecular complexity index is 443. The first-order valence-electron chi connectivity index (χ1n) is 7.11. The quantitative estimate of drug-likeness (QED) is 0.867. The summed E-state index contributed by atoms with van der Waals surface area (Å²) in [5, 5.41) is 0. The molecule has 0 bridgehead atoms. The molecule has 1 aromatic rings. The van der Waals surface area contributed by atoms with E-state index in [-0.39, 0.29) is 11.9 Å². The monoisotopic (exact) mass is 277 g/mol. The molecule has 0 saturated carbocycles. The van der Waals surface area contributed by atoms with Gasteiger partial charge < -0.3 is 15.5 Å². The lowest BCUT2D eigenvalue weighted by atomic mass is 10.0. The largest absolute Gasteiger partial charge is 0.378 e. The number of carbonyl (C=O) groups is 1. The number of hydrogen-bond acceptors (Lipinski definition) is 3. The molecule has 20 heavy (non-hydrogen) atoms. The van der Waals surface area contributed by atoms with Gasteiger partial charge in [0.1, 0.15) is 0 Å². The molecule has 2 N–H and O–H groups in total. The van der Waals surface area contributed by atoms with Crippen LogP contribution in [0.1, 0.15) is 30.6 Å². The van der Waals surface area contributed by atoms with E-state index in [1.807, 2.05) is 50.3 Å². The molecule has 1 unspecified atom stereocenters. The molecule has 0 heterocycles. The highest BCUT2D eigenvalue weighted by molar-refractivity contribution is 5.95. The SMILES string of the molecule is CC(C)C(N)CCN(C)C(=O)c1cccc(N(C)C)c1. The van der Waals surface area contributed by atoms with Crippen molar-refractivity contribution in [2.45, 2.75) is 26.3 Å². The van der Waals surface area contributed by atoms with Gasteiger partial charge in [-0.15, -0.1) is 0 Å². The molecule has 0 aromatic heterocycles. The van der Waals surface area contributed by atoms with Gasteiger partial charge in [0, 0.05) is 45.0 Å². The fourth-order valence-electron chi connectivity index (χ4n) is 1.92. The van der Waals surface area contributed by atoms with Crippen molar-refractivity contribution in [3.63, 3.8) is 0 Å². The Morgan fingerprint density at radius 3 is 2.45 bits per heavy atom. The van der Waals surface area contributed by atoms with Crippen molar-refractivity contribution in [1.82, 2.24) is 4.90 Å². The summed E-state index contributed by atoms with van der Waals surface area (Å²) in [6.45, 7) is 4.89. The predicted molar refractivity (Wildman–Crippen MR) is 85.2 cm³/mol. The molecule has 0 fully saturated rings. The highest BCUT2D eigenvalue weighted by atomic mass is 16.2. The zero-order valence-electron chi connectivity index (χ0n) is 13.3. The maximum absolute atomic E-state index is 12.4. The summed E-state index contributed by atoms with van der Waals surface area (Å²) in [5.41, 5.74) is 7.77. The summed E-state index contributed by atoms with van der Waals surface area (Å²) in [6, 6.07) is 7.82. The van der Waals surface area contributed by atoms with E-state index in [1.54, 1.807) is 4.90 Å². The molecular formula is C16H27N3O. The molecule has 0 aliphatic carbocycles. The summed E-state index contributed by atoms with van der Waals surface area (Å²) in [4.78, 5) is 16.1. The first-order chi connectivity index (χ1) is 9.32. The summed E-state index contributed by atoms with van der Waals surface area (Å²) < 4.78 is 0. The fraction of sp³-hybridized carbons (Fsp3) is 0.562. The third-order valence-corrected chi connectivity index (χ3v) is 3.61. The Labute approximate surface area is 122 Å². The third-order valence-electron chi connectivity index (χ3n) is 3.61. The highest BCUT2D eigenvalue weighted by Gasteiger charge is 2.14. The van der Waals surface area contributed by atoms with E-state index in [1.165, 1.54) is 0 Å². The Morgan fingerprint density at radius 2 is 1.90 bits per heavy atom. The molecule has 112 valence electrons. The summed E-state index contributed by atoms with van der Waals surface area (Å²) in [5.74, 6) is 0.486. The zero-order chi connectivity index (χ0) is 15.3. The molecule has 4 heteroatoms. The van der Waals surface area contributed by atoms with E-state index < -0.39 is 0 Å². The minimum absolute atomic E-state index is 0.0460. The molecule has 1 aromatic carbocycles. The van der Waals surface area contributed by atoms with Crippen LogP contribution >= 0.6 is 0 Å². The van der Waals surface area contributed by atoms with Crippen LogP contribution in [-0.4, -0.2) is 44.5 Å². The molecule has 0 saturated heterocycles. The van der Waals surface area contributed by atoms with Crippen LogP contribution in [0, 0.1) is 5.92 Å². The van der Waals surface area contributed by atoms with Gasteiger partial charge in [0.25, 0.3) is 5.91 Å². The van der Waals surface area contributed by atoms with Crippen LogP contribution in [-0.2, 0) is 0 Å². The van der Waals surface area contributed by atoms with Crippen LogP contribution in [0.2, 0.25) is 0 Å². The molecular weight excluding hydrogens is 250 g/mol. The van der Waals surface area contributed by atoms with Gasteiger partial charge in [-0.3, -0.25) is 4.79 Å². The molecule has 0 aliphatic heterocycles. The number of nitrogens with two attached hydrogens (primary N) is 1. The fourth-order valence-corrected chi connectivity index (χ4v) is 1.92. The van der Waals surface area contributed by atoms with Gasteiger partial charge in [0.15, 0.2) is 0 Å². The van der Waals surface area contributed by atoms with Crippen molar-refractivity contribution in [2.75, 3.05) is 32.6 Å². The second-order valence-electron chi connectivity index (χ2n) is 5.87. The number of rotatable bonds is 6. The zero-order valence-corrected chi connectivity index (χ0v) is 13.3. The van der Waals surface area contributed by atoms with Crippen molar-refractivity contribution < 1.29 is 4.79 Å². The smallest absolute Gasteiger partial charge is 0.253 e. The summed E-state index contributed by atoms with van der Waals surface area (Å²) in [7, 11) is 5.77. The van der Waals surface area contributed by atoms with E-state index in [4.69, 9.17) is 5.73 Å². The van der Waals surface area contributed by atoms with Gasteiger partial charge in [0.05, 0.1) is 0 Å². The Kier molecular flexibility index (Phi) is 6.02. The van der Waals surface area contributed by atoms with Gasteiger partial charge >= 0.3 is 0 Å². The Balaban J connectivity index is 2.67. The lowest BCUT2D eigenvalue weighted by molar-refractivity contribution is 0.0789. The van der Waals surface area contributed by atoms with Crippen molar-refractivity contribution in [3.05, 3.63) is 29.8 Å². The number of anilines is 1. The van der Waals surface area contributed by atoms with Crippen molar-refractivity contribution >= 4 is 11.6 Å². The topological polar surface area (TPSA) is 49.6 Å². The van der Waals surface area contributed by atoms with Gasteiger partial charge in [-0.1, -0.05) is 19.9 Å². The first kappa shape index (κ1) is 16.5. The number of benzene rings is 1. The number of carbonyl (C=O) groups excluding carboxylic acids is 1. The normalized spacial score (nSPS) is 12.3. The van der Waals surface area contributed by atoms with Crippen molar-refractivity contribution in [2.24, 2.45) is 11.7 Å². The number of amides is 1. The minimum Gasteiger partial charge on any atom is -0.378 e. The van der Waals surface area contributed by atoms with Crippen LogP contribution in [0.25, 0.3) is 0 Å². The van der Waals surface area contributed by atoms with Gasteiger partial charge in [0.2, 0.25) is 0 Å². The molecule has 0 spiro atoms. The average molecular weight is 277 g/mol. The van der Waals surface area contributed by atoms with Gasteiger partial charge in [-0.25, -0.2) is 0 Å². The Hall–Kier alpha value is -1.55. The van der Waals surface area contributed by atoms with Crippen molar-refractivity contribution in [3.8, 4) is 0 Å². The molecule has 1 atom stereocenters. The highest BCUT2D eigenvalue weighted by Crippen LogP contribution is 2.15. The number of nitrogens with zero attached hydrogens (tertiary/aromatic N) is 2. The second kappa shape index (κ2) is 7.29. The summed E-state index contributed by atoms with van der Waals surface area (Å²) >= 11 is 0. The first-order valence-corrected chi connectivity index (χ1v) is 7.11. The van der Waals surface area contributed by atoms with E-state index in [0.29, 0.717) is 12.5 Å². The van der Waals surface area contributed by atoms with Crippen LogP contribution in [0.15, 0.2) is 24.3 Å². The average Bonchev–Trinajstić information content (AvgIpc) is 2.43. The van der Waals surface area contributed by atoms with E-state index >= 15 is 0 Å². The maximum atomic E-state index is 12.4. The van der Waals surface area contributed by atoms with Gasteiger partial charge in [-0.05, 0) is 30.5 Å². The van der Waals surface area contributed by atoms with Crippen LogP contribution in [0.5, 0.6) is 0 Å². The number of hydrogen-bond donors (Lipinski definition) is 1. The van der Waals surface area contributed by atoms with Crippen LogP contribution in [0.3, 0.4) is 0 Å². The Morgan fingerprint density at radius 1 is 1.25 bits per heavy atom. The third kappa shape index (κ3) is 4.53. The van der Waals surface area contributed by atoms with E-state index in [9.17, 15) is 4.79 Å². The standard InChI is InChI=1S/C16H27N3O/c1-12(2)15(17)9-10-19(5)16(20)13-7-6-8-14(11-13)18(3)4/h6-8,11-12,15H,9-10,17H2,1-5H3. The van der Waals surface area contributed by atoms with Crippen LogP contribution < -0.4 is 10.6 Å². The molecule has 0 radical (unpaired) electrons. The molecule has 1 rings (SSSR count). The van der Waals surface area contributed by atoms with Gasteiger partial charge in [-0.2, -0.15) is 0 Å². The van der Waals surface area contributed by atoms with E-state index in [0.717, 1.165) is 17.7 Å². The van der Waals surface area contributed by atoms with E-state index in [2.05, 4.69) is 13.8 Å². The minimum atomic E-state index is 0.0460. The van der Waals surface area contributed by atoms with Crippen LogP contribution in [0.4, 0.5) is 5.69 Å². The lowest BCUT2D eigenvalue weighted by Gasteiger charge is -2.22. The van der Waals surface area contributed by atoms with Crippen molar-refractivity contribution in [1.29, 1.82) is 0 Å². The molecule has 4 nitrogen and oxygen atoms in total. The maximum Gasteiger partial charge on any atom is 0.253 e.